The molecule has 1 aliphatic heterocycles. The second-order valence-electron chi connectivity index (χ2n) is 6.94. The number of esters is 1. The van der Waals surface area contributed by atoms with Crippen molar-refractivity contribution in [1.82, 2.24) is 9.97 Å². The molecule has 0 amide bonds. The molecular weight excluding hydrogens is 408 g/mol. The molecule has 2 heterocycles. The van der Waals surface area contributed by atoms with Crippen LogP contribution >= 0.6 is 11.6 Å². The Labute approximate surface area is 178 Å². The van der Waals surface area contributed by atoms with E-state index in [2.05, 4.69) is 9.97 Å². The number of rotatable bonds is 7. The predicted molar refractivity (Wildman–Crippen MR) is 111 cm³/mol. The quantitative estimate of drug-likeness (QED) is 0.510. The highest BCUT2D eigenvalue weighted by Crippen LogP contribution is 2.26. The van der Waals surface area contributed by atoms with Crippen LogP contribution < -0.4 is 9.47 Å². The molecule has 1 aliphatic rings. The Balaban J connectivity index is 1.38. The Hall–Kier alpha value is -2.90. The van der Waals surface area contributed by atoms with Crippen molar-refractivity contribution in [2.24, 2.45) is 0 Å². The summed E-state index contributed by atoms with van der Waals surface area (Å²) >= 11 is 6.02. The maximum Gasteiger partial charge on any atom is 0.347 e. The number of hydrogen-bond acceptors (Lipinski definition) is 7. The van der Waals surface area contributed by atoms with Gasteiger partial charge in [0.2, 0.25) is 5.88 Å². The van der Waals surface area contributed by atoms with E-state index < -0.39 is 12.1 Å². The average Bonchev–Trinajstić information content (AvgIpc) is 3.25. The van der Waals surface area contributed by atoms with Gasteiger partial charge in [-0.1, -0.05) is 17.7 Å². The highest BCUT2D eigenvalue weighted by atomic mass is 35.5. The Kier molecular flexibility index (Phi) is 6.30. The van der Waals surface area contributed by atoms with E-state index >= 15 is 0 Å². The fourth-order valence-electron chi connectivity index (χ4n) is 3.07. The molecule has 30 heavy (non-hydrogen) atoms. The van der Waals surface area contributed by atoms with Gasteiger partial charge in [-0.25, -0.2) is 14.8 Å². The zero-order valence-corrected chi connectivity index (χ0v) is 17.2. The minimum absolute atomic E-state index is 0.0178. The van der Waals surface area contributed by atoms with Crippen molar-refractivity contribution in [3.8, 4) is 17.4 Å². The predicted octanol–water partition coefficient (Wildman–Crippen LogP) is 4.57. The zero-order valence-electron chi connectivity index (χ0n) is 16.4. The van der Waals surface area contributed by atoms with E-state index in [0.29, 0.717) is 27.9 Å². The van der Waals surface area contributed by atoms with Gasteiger partial charge in [0.1, 0.15) is 18.1 Å². The lowest BCUT2D eigenvalue weighted by Crippen LogP contribution is -2.29. The first kappa shape index (κ1) is 20.4. The van der Waals surface area contributed by atoms with Gasteiger partial charge in [0.25, 0.3) is 0 Å². The number of nitrogens with zero attached hydrogens (tertiary/aromatic N) is 2. The lowest BCUT2D eigenvalue weighted by Gasteiger charge is -2.16. The van der Waals surface area contributed by atoms with Crippen LogP contribution in [0, 0.1) is 0 Å². The first-order valence-corrected chi connectivity index (χ1v) is 10.1. The zero-order chi connectivity index (χ0) is 20.9. The molecule has 3 aromatic rings. The van der Waals surface area contributed by atoms with Gasteiger partial charge in [-0.05, 0) is 50.1 Å². The van der Waals surface area contributed by atoms with Crippen LogP contribution in [0.3, 0.4) is 0 Å². The number of carbonyl (C=O) groups is 1. The van der Waals surface area contributed by atoms with Gasteiger partial charge in [-0.3, -0.25) is 0 Å². The summed E-state index contributed by atoms with van der Waals surface area (Å²) in [6.07, 6.45) is 2.66. The maximum atomic E-state index is 12.2. The molecule has 0 bridgehead atoms. The molecule has 7 nitrogen and oxygen atoms in total. The second kappa shape index (κ2) is 9.28. The van der Waals surface area contributed by atoms with E-state index in [9.17, 15) is 4.79 Å². The fourth-order valence-corrected chi connectivity index (χ4v) is 3.24. The van der Waals surface area contributed by atoms with Crippen molar-refractivity contribution in [2.45, 2.75) is 32.0 Å². The number of benzene rings is 2. The summed E-state index contributed by atoms with van der Waals surface area (Å²) in [6.45, 7) is 2.61. The van der Waals surface area contributed by atoms with Crippen molar-refractivity contribution in [1.29, 1.82) is 0 Å². The van der Waals surface area contributed by atoms with Gasteiger partial charge in [-0.15, -0.1) is 0 Å². The van der Waals surface area contributed by atoms with Crippen molar-refractivity contribution >= 4 is 28.6 Å². The minimum Gasteiger partial charge on any atom is -0.479 e. The molecule has 2 atom stereocenters. The second-order valence-corrected chi connectivity index (χ2v) is 7.38. The average molecular weight is 429 g/mol. The van der Waals surface area contributed by atoms with Gasteiger partial charge in [0.15, 0.2) is 6.10 Å². The molecule has 0 aliphatic carbocycles. The van der Waals surface area contributed by atoms with Gasteiger partial charge in [0, 0.05) is 17.7 Å². The molecule has 0 saturated carbocycles. The lowest BCUT2D eigenvalue weighted by molar-refractivity contribution is -0.154. The first-order valence-electron chi connectivity index (χ1n) is 9.72. The van der Waals surface area contributed by atoms with Crippen LogP contribution in [0.4, 0.5) is 0 Å². The molecule has 8 heteroatoms. The molecule has 1 saturated heterocycles. The van der Waals surface area contributed by atoms with E-state index in [1.807, 2.05) is 0 Å². The van der Waals surface area contributed by atoms with Crippen LogP contribution in [-0.2, 0) is 14.3 Å². The van der Waals surface area contributed by atoms with E-state index in [1.54, 1.807) is 49.4 Å². The van der Waals surface area contributed by atoms with Crippen molar-refractivity contribution in [3.05, 3.63) is 53.7 Å². The summed E-state index contributed by atoms with van der Waals surface area (Å²) in [5.41, 5.74) is 1.36. The third kappa shape index (κ3) is 5.17. The number of ether oxygens (including phenoxy) is 4. The van der Waals surface area contributed by atoms with E-state index in [-0.39, 0.29) is 12.7 Å². The van der Waals surface area contributed by atoms with Gasteiger partial charge in [-0.2, -0.15) is 0 Å². The largest absolute Gasteiger partial charge is 0.479 e. The molecule has 156 valence electrons. The van der Waals surface area contributed by atoms with Crippen molar-refractivity contribution < 1.29 is 23.7 Å². The molecule has 4 rings (SSSR count). The number of halogens is 1. The van der Waals surface area contributed by atoms with E-state index in [4.69, 9.17) is 30.5 Å². The molecular formula is C22H21ClN2O5. The minimum atomic E-state index is -0.760. The van der Waals surface area contributed by atoms with Gasteiger partial charge < -0.3 is 18.9 Å². The summed E-state index contributed by atoms with van der Waals surface area (Å²) < 4.78 is 22.2. The summed E-state index contributed by atoms with van der Waals surface area (Å²) in [5, 5.41) is 0.574. The Bertz CT molecular complexity index is 1040. The van der Waals surface area contributed by atoms with E-state index in [1.165, 1.54) is 6.20 Å². The fraction of sp³-hybridized carbons (Fsp3) is 0.318. The van der Waals surface area contributed by atoms with Gasteiger partial charge in [0.05, 0.1) is 23.3 Å². The normalized spacial score (nSPS) is 16.9. The Morgan fingerprint density at radius 1 is 1.23 bits per heavy atom. The Morgan fingerprint density at radius 3 is 2.93 bits per heavy atom. The van der Waals surface area contributed by atoms with Crippen LogP contribution in [-0.4, -0.2) is 41.4 Å². The number of hydrogen-bond donors (Lipinski definition) is 0. The van der Waals surface area contributed by atoms with Crippen molar-refractivity contribution in [2.75, 3.05) is 13.2 Å². The van der Waals surface area contributed by atoms with E-state index in [0.717, 1.165) is 25.0 Å². The number of carbonyl (C=O) groups excluding carboxylic acids is 1. The number of fused-ring (bicyclic) bond motifs is 1. The highest BCUT2D eigenvalue weighted by Gasteiger charge is 2.21. The molecule has 0 N–H and O–H groups in total. The van der Waals surface area contributed by atoms with Crippen LogP contribution in [0.1, 0.15) is 19.8 Å². The molecule has 0 radical (unpaired) electrons. The van der Waals surface area contributed by atoms with Crippen LogP contribution in [0.25, 0.3) is 11.0 Å². The van der Waals surface area contributed by atoms with Crippen LogP contribution in [0.5, 0.6) is 17.4 Å². The molecule has 0 spiro atoms. The standard InChI is InChI=1S/C22H21ClN2O5/c1-14(22(26)28-13-18-6-3-9-27-18)29-16-4-2-5-17(11-16)30-21-12-24-19-8-7-15(23)10-20(19)25-21/h2,4-5,7-8,10-12,14,18H,3,6,9,13H2,1H3. The van der Waals surface area contributed by atoms with Crippen LogP contribution in [0.2, 0.25) is 5.02 Å². The third-order valence-corrected chi connectivity index (χ3v) is 4.83. The number of aromatic nitrogens is 2. The first-order chi connectivity index (χ1) is 14.6. The lowest BCUT2D eigenvalue weighted by atomic mass is 10.2. The van der Waals surface area contributed by atoms with Crippen molar-refractivity contribution in [3.63, 3.8) is 0 Å². The van der Waals surface area contributed by atoms with Crippen LogP contribution in [0.15, 0.2) is 48.7 Å². The maximum absolute atomic E-state index is 12.2. The molecule has 1 fully saturated rings. The SMILES string of the molecule is CC(Oc1cccc(Oc2cnc3ccc(Cl)cc3n2)c1)C(=O)OCC1CCCO1. The monoisotopic (exact) mass is 428 g/mol. The highest BCUT2D eigenvalue weighted by molar-refractivity contribution is 6.31. The third-order valence-electron chi connectivity index (χ3n) is 4.59. The summed E-state index contributed by atoms with van der Waals surface area (Å²) in [7, 11) is 0. The van der Waals surface area contributed by atoms with Gasteiger partial charge >= 0.3 is 5.97 Å². The summed E-state index contributed by atoms with van der Waals surface area (Å²) in [5.74, 6) is 0.869. The molecule has 1 aromatic heterocycles. The topological polar surface area (TPSA) is 79.8 Å². The Morgan fingerprint density at radius 2 is 2.10 bits per heavy atom. The summed E-state index contributed by atoms with van der Waals surface area (Å²) in [4.78, 5) is 20.9. The molecule has 2 unspecified atom stereocenters. The molecule has 2 aromatic carbocycles. The smallest absolute Gasteiger partial charge is 0.347 e. The summed E-state index contributed by atoms with van der Waals surface area (Å²) in [6, 6.07) is 12.2.